The van der Waals surface area contributed by atoms with Crippen molar-refractivity contribution in [1.82, 2.24) is 20.2 Å². The number of morpholine rings is 1. The van der Waals surface area contributed by atoms with Gasteiger partial charge in [0.15, 0.2) is 5.82 Å². The van der Waals surface area contributed by atoms with Gasteiger partial charge >= 0.3 is 0 Å². The lowest BCUT2D eigenvalue weighted by Gasteiger charge is -2.30. The molecule has 1 saturated heterocycles. The molecule has 1 N–H and O–H groups in total. The standard InChI is InChI=1S/C15H22N4O2/c1-10-5-6-16-14(17-10)13(11-3-4-11)18-15(20)12-9-19(2)7-8-21-12/h5-6,11-13H,3-4,7-9H2,1-2H3,(H,18,20)/t12-,13-/m1/s1. The largest absolute Gasteiger partial charge is 0.366 e. The summed E-state index contributed by atoms with van der Waals surface area (Å²) in [5, 5.41) is 3.10. The predicted molar refractivity (Wildman–Crippen MR) is 77.6 cm³/mol. The molecular formula is C15H22N4O2. The van der Waals surface area contributed by atoms with Crippen LogP contribution in [0.2, 0.25) is 0 Å². The summed E-state index contributed by atoms with van der Waals surface area (Å²) in [5.41, 5.74) is 0.925. The molecule has 0 unspecified atom stereocenters. The van der Waals surface area contributed by atoms with E-state index < -0.39 is 6.10 Å². The SMILES string of the molecule is Cc1ccnc([C@H](NC(=O)[C@H]2CN(C)CCO2)C2CC2)n1. The van der Waals surface area contributed by atoms with Crippen LogP contribution in [0.25, 0.3) is 0 Å². The molecule has 2 heterocycles. The van der Waals surface area contributed by atoms with Gasteiger partial charge in [-0.2, -0.15) is 0 Å². The Balaban J connectivity index is 1.69. The van der Waals surface area contributed by atoms with Crippen LogP contribution in [-0.2, 0) is 9.53 Å². The van der Waals surface area contributed by atoms with Crippen LogP contribution in [0.15, 0.2) is 12.3 Å². The second-order valence-electron chi connectivity index (χ2n) is 6.00. The normalized spacial score (nSPS) is 24.6. The first-order valence-corrected chi connectivity index (χ1v) is 7.53. The molecule has 1 aliphatic heterocycles. The minimum atomic E-state index is -0.394. The van der Waals surface area contributed by atoms with E-state index >= 15 is 0 Å². The van der Waals surface area contributed by atoms with Gasteiger partial charge in [-0.05, 0) is 38.8 Å². The highest BCUT2D eigenvalue weighted by atomic mass is 16.5. The van der Waals surface area contributed by atoms with E-state index in [4.69, 9.17) is 4.74 Å². The third kappa shape index (κ3) is 3.57. The summed E-state index contributed by atoms with van der Waals surface area (Å²) in [6.45, 7) is 4.05. The van der Waals surface area contributed by atoms with Gasteiger partial charge in [0, 0.05) is 25.0 Å². The summed E-state index contributed by atoms with van der Waals surface area (Å²) in [7, 11) is 2.00. The molecule has 0 spiro atoms. The van der Waals surface area contributed by atoms with E-state index in [-0.39, 0.29) is 11.9 Å². The Kier molecular flexibility index (Phi) is 4.17. The molecule has 3 rings (SSSR count). The van der Waals surface area contributed by atoms with Crippen LogP contribution >= 0.6 is 0 Å². The van der Waals surface area contributed by atoms with Crippen molar-refractivity contribution in [2.75, 3.05) is 26.7 Å². The molecule has 1 aromatic heterocycles. The number of amides is 1. The van der Waals surface area contributed by atoms with E-state index in [0.29, 0.717) is 19.1 Å². The summed E-state index contributed by atoms with van der Waals surface area (Å²) >= 11 is 0. The first-order valence-electron chi connectivity index (χ1n) is 7.53. The number of rotatable bonds is 4. The molecule has 1 aromatic rings. The molecule has 0 bridgehead atoms. The highest BCUT2D eigenvalue weighted by Crippen LogP contribution is 2.40. The molecule has 1 saturated carbocycles. The molecule has 2 fully saturated rings. The fourth-order valence-corrected chi connectivity index (χ4v) is 2.62. The van der Waals surface area contributed by atoms with Gasteiger partial charge in [-0.1, -0.05) is 0 Å². The zero-order valence-electron chi connectivity index (χ0n) is 12.6. The Morgan fingerprint density at radius 2 is 2.33 bits per heavy atom. The van der Waals surface area contributed by atoms with Crippen molar-refractivity contribution in [3.05, 3.63) is 23.8 Å². The molecule has 2 atom stereocenters. The van der Waals surface area contributed by atoms with Gasteiger partial charge in [-0.3, -0.25) is 4.79 Å². The lowest BCUT2D eigenvalue weighted by molar-refractivity contribution is -0.138. The molecule has 6 heteroatoms. The minimum Gasteiger partial charge on any atom is -0.366 e. The average molecular weight is 290 g/mol. The lowest BCUT2D eigenvalue weighted by Crippen LogP contribution is -2.49. The summed E-state index contributed by atoms with van der Waals surface area (Å²) in [4.78, 5) is 23.3. The molecule has 6 nitrogen and oxygen atoms in total. The van der Waals surface area contributed by atoms with Crippen LogP contribution in [0.3, 0.4) is 0 Å². The van der Waals surface area contributed by atoms with Crippen molar-refractivity contribution in [3.8, 4) is 0 Å². The van der Waals surface area contributed by atoms with E-state index in [0.717, 1.165) is 30.9 Å². The maximum Gasteiger partial charge on any atom is 0.251 e. The number of ether oxygens (including phenoxy) is 1. The van der Waals surface area contributed by atoms with Gasteiger partial charge in [-0.15, -0.1) is 0 Å². The van der Waals surface area contributed by atoms with Gasteiger partial charge in [0.25, 0.3) is 5.91 Å². The Hall–Kier alpha value is -1.53. The van der Waals surface area contributed by atoms with E-state index in [1.165, 1.54) is 0 Å². The number of nitrogens with one attached hydrogen (secondary N) is 1. The zero-order chi connectivity index (χ0) is 14.8. The highest BCUT2D eigenvalue weighted by molar-refractivity contribution is 5.81. The first-order chi connectivity index (χ1) is 10.1. The predicted octanol–water partition coefficient (Wildman–Crippen LogP) is 0.683. The second kappa shape index (κ2) is 6.07. The quantitative estimate of drug-likeness (QED) is 0.883. The topological polar surface area (TPSA) is 67.4 Å². The Labute approximate surface area is 124 Å². The third-order valence-corrected chi connectivity index (χ3v) is 4.04. The fourth-order valence-electron chi connectivity index (χ4n) is 2.62. The Morgan fingerprint density at radius 1 is 1.52 bits per heavy atom. The van der Waals surface area contributed by atoms with Crippen molar-refractivity contribution < 1.29 is 9.53 Å². The molecule has 1 amide bonds. The van der Waals surface area contributed by atoms with E-state index in [1.54, 1.807) is 6.20 Å². The van der Waals surface area contributed by atoms with Crippen LogP contribution in [-0.4, -0.2) is 53.6 Å². The maximum atomic E-state index is 12.4. The molecule has 1 aliphatic carbocycles. The summed E-state index contributed by atoms with van der Waals surface area (Å²) in [6, 6.07) is 1.78. The number of aryl methyl sites for hydroxylation is 1. The molecule has 21 heavy (non-hydrogen) atoms. The van der Waals surface area contributed by atoms with Crippen molar-refractivity contribution in [2.45, 2.75) is 31.9 Å². The molecular weight excluding hydrogens is 268 g/mol. The number of hydrogen-bond donors (Lipinski definition) is 1. The summed E-state index contributed by atoms with van der Waals surface area (Å²) in [5.74, 6) is 1.12. The second-order valence-corrected chi connectivity index (χ2v) is 6.00. The number of carbonyl (C=O) groups is 1. The number of aromatic nitrogens is 2. The zero-order valence-corrected chi connectivity index (χ0v) is 12.6. The van der Waals surface area contributed by atoms with Gasteiger partial charge < -0.3 is 15.0 Å². The van der Waals surface area contributed by atoms with Gasteiger partial charge in [0.1, 0.15) is 6.10 Å². The smallest absolute Gasteiger partial charge is 0.251 e. The number of nitrogens with zero attached hydrogens (tertiary/aromatic N) is 3. The molecule has 0 aromatic carbocycles. The highest BCUT2D eigenvalue weighted by Gasteiger charge is 2.37. The minimum absolute atomic E-state index is 0.0523. The number of hydrogen-bond acceptors (Lipinski definition) is 5. The van der Waals surface area contributed by atoms with Gasteiger partial charge in [0.05, 0.1) is 12.6 Å². The Morgan fingerprint density at radius 3 is 3.00 bits per heavy atom. The van der Waals surface area contributed by atoms with E-state index in [9.17, 15) is 4.79 Å². The van der Waals surface area contributed by atoms with Crippen LogP contribution in [0.4, 0.5) is 0 Å². The van der Waals surface area contributed by atoms with Crippen LogP contribution < -0.4 is 5.32 Å². The van der Waals surface area contributed by atoms with E-state index in [1.807, 2.05) is 20.0 Å². The van der Waals surface area contributed by atoms with Crippen molar-refractivity contribution in [1.29, 1.82) is 0 Å². The molecule has 114 valence electrons. The van der Waals surface area contributed by atoms with E-state index in [2.05, 4.69) is 20.2 Å². The average Bonchev–Trinajstić information content (AvgIpc) is 3.29. The maximum absolute atomic E-state index is 12.4. The monoisotopic (exact) mass is 290 g/mol. The molecule has 2 aliphatic rings. The molecule has 0 radical (unpaired) electrons. The lowest BCUT2D eigenvalue weighted by atomic mass is 10.1. The van der Waals surface area contributed by atoms with Crippen LogP contribution in [0.1, 0.15) is 30.4 Å². The fraction of sp³-hybridized carbons (Fsp3) is 0.667. The van der Waals surface area contributed by atoms with Crippen molar-refractivity contribution in [3.63, 3.8) is 0 Å². The first kappa shape index (κ1) is 14.4. The van der Waals surface area contributed by atoms with Crippen molar-refractivity contribution in [2.24, 2.45) is 5.92 Å². The summed E-state index contributed by atoms with van der Waals surface area (Å²) < 4.78 is 5.58. The van der Waals surface area contributed by atoms with Crippen LogP contribution in [0.5, 0.6) is 0 Å². The number of carbonyl (C=O) groups excluding carboxylic acids is 1. The van der Waals surface area contributed by atoms with Gasteiger partial charge in [0.2, 0.25) is 0 Å². The summed E-state index contributed by atoms with van der Waals surface area (Å²) in [6.07, 6.45) is 3.60. The Bertz CT molecular complexity index is 518. The number of likely N-dealkylation sites (N-methyl/N-ethyl adjacent to an activating group) is 1. The van der Waals surface area contributed by atoms with Crippen LogP contribution in [0, 0.1) is 12.8 Å². The van der Waals surface area contributed by atoms with Crippen molar-refractivity contribution >= 4 is 5.91 Å². The van der Waals surface area contributed by atoms with Gasteiger partial charge in [-0.25, -0.2) is 9.97 Å². The third-order valence-electron chi connectivity index (χ3n) is 4.04.